The van der Waals surface area contributed by atoms with Gasteiger partial charge >= 0.3 is 0 Å². The molecule has 0 aliphatic carbocycles. The smallest absolute Gasteiger partial charge is 0.122 e. The summed E-state index contributed by atoms with van der Waals surface area (Å²) < 4.78 is 11.8. The Labute approximate surface area is 118 Å². The molecule has 0 aliphatic rings. The van der Waals surface area contributed by atoms with Gasteiger partial charge in [-0.15, -0.1) is 0 Å². The van der Waals surface area contributed by atoms with E-state index >= 15 is 0 Å². The standard InChI is InChI=1S/C14H22BrNO2/c1-3-13(16)10-11-9-12(15)5-6-14(11)18-8-4-7-17-2/h5-6,9,13H,3-4,7-8,10,16H2,1-2H3. The van der Waals surface area contributed by atoms with Crippen LogP contribution in [0.3, 0.4) is 0 Å². The van der Waals surface area contributed by atoms with E-state index in [1.165, 1.54) is 0 Å². The van der Waals surface area contributed by atoms with Gasteiger partial charge in [0, 0.05) is 30.7 Å². The van der Waals surface area contributed by atoms with Crippen LogP contribution in [0.15, 0.2) is 22.7 Å². The van der Waals surface area contributed by atoms with E-state index in [-0.39, 0.29) is 6.04 Å². The normalized spacial score (nSPS) is 12.4. The van der Waals surface area contributed by atoms with E-state index in [0.29, 0.717) is 6.61 Å². The summed E-state index contributed by atoms with van der Waals surface area (Å²) in [6, 6.07) is 6.25. The van der Waals surface area contributed by atoms with Gasteiger partial charge in [-0.25, -0.2) is 0 Å². The third-order valence-electron chi connectivity index (χ3n) is 2.78. The van der Waals surface area contributed by atoms with E-state index in [4.69, 9.17) is 15.2 Å². The van der Waals surface area contributed by atoms with Crippen LogP contribution < -0.4 is 10.5 Å². The van der Waals surface area contributed by atoms with Crippen molar-refractivity contribution in [1.29, 1.82) is 0 Å². The molecule has 0 amide bonds. The van der Waals surface area contributed by atoms with Crippen molar-refractivity contribution < 1.29 is 9.47 Å². The van der Waals surface area contributed by atoms with Crippen LogP contribution in [0, 0.1) is 0 Å². The fourth-order valence-electron chi connectivity index (χ4n) is 1.66. The maximum Gasteiger partial charge on any atom is 0.122 e. The Hall–Kier alpha value is -0.580. The van der Waals surface area contributed by atoms with Gasteiger partial charge in [0.05, 0.1) is 6.61 Å². The molecular weight excluding hydrogens is 294 g/mol. The number of rotatable bonds is 8. The van der Waals surface area contributed by atoms with Crippen molar-refractivity contribution in [3.63, 3.8) is 0 Å². The Morgan fingerprint density at radius 3 is 2.78 bits per heavy atom. The van der Waals surface area contributed by atoms with Gasteiger partial charge in [0.25, 0.3) is 0 Å². The van der Waals surface area contributed by atoms with Crippen LogP contribution in [-0.4, -0.2) is 26.4 Å². The summed E-state index contributed by atoms with van der Waals surface area (Å²) in [7, 11) is 1.70. The molecule has 0 spiro atoms. The zero-order valence-electron chi connectivity index (χ0n) is 11.1. The Kier molecular flexibility index (Phi) is 7.32. The molecule has 1 atom stereocenters. The molecule has 0 saturated carbocycles. The molecule has 1 unspecified atom stereocenters. The van der Waals surface area contributed by atoms with E-state index in [9.17, 15) is 0 Å². The average molecular weight is 316 g/mol. The van der Waals surface area contributed by atoms with Crippen molar-refractivity contribution in [2.24, 2.45) is 5.73 Å². The summed E-state index contributed by atoms with van der Waals surface area (Å²) in [5.41, 5.74) is 7.17. The molecule has 2 N–H and O–H groups in total. The number of ether oxygens (including phenoxy) is 2. The van der Waals surface area contributed by atoms with Crippen LogP contribution >= 0.6 is 15.9 Å². The number of nitrogens with two attached hydrogens (primary N) is 1. The Morgan fingerprint density at radius 1 is 1.33 bits per heavy atom. The average Bonchev–Trinajstić information content (AvgIpc) is 2.36. The molecule has 18 heavy (non-hydrogen) atoms. The summed E-state index contributed by atoms with van der Waals surface area (Å²) >= 11 is 3.48. The summed E-state index contributed by atoms with van der Waals surface area (Å²) in [6.45, 7) is 3.49. The molecule has 0 heterocycles. The first-order valence-corrected chi connectivity index (χ1v) is 7.12. The van der Waals surface area contributed by atoms with Gasteiger partial charge in [0.15, 0.2) is 0 Å². The van der Waals surface area contributed by atoms with Gasteiger partial charge in [0.1, 0.15) is 5.75 Å². The minimum Gasteiger partial charge on any atom is -0.493 e. The lowest BCUT2D eigenvalue weighted by molar-refractivity contribution is 0.171. The molecule has 0 radical (unpaired) electrons. The van der Waals surface area contributed by atoms with Crippen molar-refractivity contribution in [3.05, 3.63) is 28.2 Å². The highest BCUT2D eigenvalue weighted by atomic mass is 79.9. The third-order valence-corrected chi connectivity index (χ3v) is 3.27. The molecule has 0 aliphatic heterocycles. The maximum absolute atomic E-state index is 6.01. The lowest BCUT2D eigenvalue weighted by atomic mass is 10.0. The summed E-state index contributed by atoms with van der Waals surface area (Å²) in [5, 5.41) is 0. The predicted octanol–water partition coefficient (Wildman–Crippen LogP) is 3.14. The van der Waals surface area contributed by atoms with Crippen molar-refractivity contribution in [3.8, 4) is 5.75 Å². The molecular formula is C14H22BrNO2. The highest BCUT2D eigenvalue weighted by Crippen LogP contribution is 2.24. The molecule has 1 aromatic rings. The molecule has 0 saturated heterocycles. The van der Waals surface area contributed by atoms with Crippen LogP contribution in [0.4, 0.5) is 0 Å². The molecule has 1 rings (SSSR count). The Morgan fingerprint density at radius 2 is 2.11 bits per heavy atom. The van der Waals surface area contributed by atoms with Gasteiger partial charge in [-0.3, -0.25) is 0 Å². The zero-order chi connectivity index (χ0) is 13.4. The van der Waals surface area contributed by atoms with Crippen LogP contribution in [-0.2, 0) is 11.2 Å². The maximum atomic E-state index is 6.01. The summed E-state index contributed by atoms with van der Waals surface area (Å²) in [5.74, 6) is 0.929. The fraction of sp³-hybridized carbons (Fsp3) is 0.571. The minimum absolute atomic E-state index is 0.181. The fourth-order valence-corrected chi connectivity index (χ4v) is 2.07. The van der Waals surface area contributed by atoms with Gasteiger partial charge in [0.2, 0.25) is 0 Å². The van der Waals surface area contributed by atoms with E-state index in [0.717, 1.165) is 41.7 Å². The van der Waals surface area contributed by atoms with Crippen LogP contribution in [0.25, 0.3) is 0 Å². The SMILES string of the molecule is CCC(N)Cc1cc(Br)ccc1OCCCOC. The van der Waals surface area contributed by atoms with Crippen LogP contribution in [0.2, 0.25) is 0 Å². The van der Waals surface area contributed by atoms with Gasteiger partial charge in [-0.05, 0) is 36.6 Å². The number of benzene rings is 1. The van der Waals surface area contributed by atoms with Crippen molar-refractivity contribution in [2.75, 3.05) is 20.3 Å². The van der Waals surface area contributed by atoms with Crippen LogP contribution in [0.5, 0.6) is 5.75 Å². The molecule has 102 valence electrons. The molecule has 0 aromatic heterocycles. The second-order valence-corrected chi connectivity index (χ2v) is 5.23. The molecule has 3 nitrogen and oxygen atoms in total. The lowest BCUT2D eigenvalue weighted by Crippen LogP contribution is -2.21. The van der Waals surface area contributed by atoms with Crippen molar-refractivity contribution >= 4 is 15.9 Å². The highest BCUT2D eigenvalue weighted by molar-refractivity contribution is 9.10. The molecule has 0 bridgehead atoms. The largest absolute Gasteiger partial charge is 0.493 e. The van der Waals surface area contributed by atoms with Gasteiger partial charge < -0.3 is 15.2 Å². The lowest BCUT2D eigenvalue weighted by Gasteiger charge is -2.15. The second-order valence-electron chi connectivity index (χ2n) is 4.32. The molecule has 4 heteroatoms. The van der Waals surface area contributed by atoms with Gasteiger partial charge in [-0.2, -0.15) is 0 Å². The molecule has 1 aromatic carbocycles. The first kappa shape index (κ1) is 15.5. The number of halogens is 1. The van der Waals surface area contributed by atoms with E-state index in [1.54, 1.807) is 7.11 Å². The number of methoxy groups -OCH3 is 1. The quantitative estimate of drug-likeness (QED) is 0.749. The highest BCUT2D eigenvalue weighted by Gasteiger charge is 2.08. The number of hydrogen-bond acceptors (Lipinski definition) is 3. The van der Waals surface area contributed by atoms with Gasteiger partial charge in [-0.1, -0.05) is 22.9 Å². The minimum atomic E-state index is 0.181. The molecule has 0 fully saturated rings. The second kappa shape index (κ2) is 8.51. The first-order valence-electron chi connectivity index (χ1n) is 6.33. The Balaban J connectivity index is 2.64. The first-order chi connectivity index (χ1) is 8.67. The van der Waals surface area contributed by atoms with E-state index < -0.39 is 0 Å². The van der Waals surface area contributed by atoms with E-state index in [1.807, 2.05) is 12.1 Å². The Bertz CT molecular complexity index is 358. The zero-order valence-corrected chi connectivity index (χ0v) is 12.7. The summed E-state index contributed by atoms with van der Waals surface area (Å²) in [6.07, 6.45) is 2.71. The van der Waals surface area contributed by atoms with Crippen molar-refractivity contribution in [1.82, 2.24) is 0 Å². The third kappa shape index (κ3) is 5.38. The predicted molar refractivity (Wildman–Crippen MR) is 78.1 cm³/mol. The number of hydrogen-bond donors (Lipinski definition) is 1. The topological polar surface area (TPSA) is 44.5 Å². The van der Waals surface area contributed by atoms with E-state index in [2.05, 4.69) is 28.9 Å². The summed E-state index contributed by atoms with van der Waals surface area (Å²) in [4.78, 5) is 0. The van der Waals surface area contributed by atoms with Crippen LogP contribution in [0.1, 0.15) is 25.3 Å². The monoisotopic (exact) mass is 315 g/mol. The van der Waals surface area contributed by atoms with Crippen molar-refractivity contribution in [2.45, 2.75) is 32.2 Å².